The van der Waals surface area contributed by atoms with Crippen LogP contribution in [0.1, 0.15) is 47.9 Å². The molecule has 1 unspecified atom stereocenters. The van der Waals surface area contributed by atoms with Crippen LogP contribution in [0.5, 0.6) is 5.75 Å². The molecule has 0 fully saturated rings. The van der Waals surface area contributed by atoms with E-state index in [-0.39, 0.29) is 6.10 Å². The molecule has 1 nitrogen and oxygen atoms in total. The van der Waals surface area contributed by atoms with Crippen LogP contribution in [0.2, 0.25) is 0 Å². The molecule has 154 valence electrons. The molecule has 2 aromatic carbocycles. The normalized spacial score (nSPS) is 13.0. The fourth-order valence-corrected chi connectivity index (χ4v) is 4.35. The van der Waals surface area contributed by atoms with Gasteiger partial charge in [-0.05, 0) is 84.2 Å². The molecule has 1 aromatic heterocycles. The van der Waals surface area contributed by atoms with Gasteiger partial charge in [0.1, 0.15) is 11.9 Å². The van der Waals surface area contributed by atoms with Gasteiger partial charge in [-0.1, -0.05) is 32.0 Å². The van der Waals surface area contributed by atoms with E-state index in [2.05, 4.69) is 19.9 Å². The molecule has 0 spiro atoms. The maximum absolute atomic E-state index is 13.1. The van der Waals surface area contributed by atoms with Crippen LogP contribution in [0.15, 0.2) is 53.9 Å². The fraction of sp³-hybridized carbons (Fsp3) is 0.333. The summed E-state index contributed by atoms with van der Waals surface area (Å²) < 4.78 is 45.7. The minimum atomic E-state index is -4.36. The fourth-order valence-electron chi connectivity index (χ4n) is 3.59. The third kappa shape index (κ3) is 5.21. The van der Waals surface area contributed by atoms with Gasteiger partial charge in [0.2, 0.25) is 0 Å². The first-order valence-corrected chi connectivity index (χ1v) is 10.5. The summed E-state index contributed by atoms with van der Waals surface area (Å²) in [4.78, 5) is 1.18. The van der Waals surface area contributed by atoms with Crippen LogP contribution < -0.4 is 4.74 Å². The van der Waals surface area contributed by atoms with Gasteiger partial charge in [-0.15, -0.1) is 11.3 Å². The highest BCUT2D eigenvalue weighted by Crippen LogP contribution is 2.37. The van der Waals surface area contributed by atoms with Crippen LogP contribution in [0.3, 0.4) is 0 Å². The van der Waals surface area contributed by atoms with E-state index in [0.29, 0.717) is 11.5 Å². The van der Waals surface area contributed by atoms with E-state index < -0.39 is 11.7 Å². The van der Waals surface area contributed by atoms with Gasteiger partial charge in [-0.2, -0.15) is 13.2 Å². The summed E-state index contributed by atoms with van der Waals surface area (Å²) >= 11 is 1.67. The Labute approximate surface area is 174 Å². The van der Waals surface area contributed by atoms with Crippen molar-refractivity contribution in [3.63, 3.8) is 0 Å². The monoisotopic (exact) mass is 418 g/mol. The second kappa shape index (κ2) is 8.62. The first kappa shape index (κ1) is 21.4. The number of ether oxygens (including phenoxy) is 1. The Balaban J connectivity index is 1.93. The summed E-state index contributed by atoms with van der Waals surface area (Å²) in [6, 6.07) is 13.4. The van der Waals surface area contributed by atoms with E-state index >= 15 is 0 Å². The van der Waals surface area contributed by atoms with Crippen molar-refractivity contribution in [2.75, 3.05) is 0 Å². The SMILES string of the molecule is Cc1cc(OC(CC(C)C)c2cccs2)cc(C)c1-c1cccc(C(F)(F)F)c1. The van der Waals surface area contributed by atoms with Crippen molar-refractivity contribution in [3.8, 4) is 16.9 Å². The number of benzene rings is 2. The van der Waals surface area contributed by atoms with Crippen LogP contribution in [-0.2, 0) is 6.18 Å². The van der Waals surface area contributed by atoms with Crippen molar-refractivity contribution < 1.29 is 17.9 Å². The van der Waals surface area contributed by atoms with Gasteiger partial charge in [0.05, 0.1) is 5.56 Å². The Morgan fingerprint density at radius 1 is 0.966 bits per heavy atom. The van der Waals surface area contributed by atoms with Crippen molar-refractivity contribution in [2.24, 2.45) is 5.92 Å². The highest BCUT2D eigenvalue weighted by atomic mass is 32.1. The van der Waals surface area contributed by atoms with Gasteiger partial charge in [0.25, 0.3) is 0 Å². The Hall–Kier alpha value is -2.27. The molecule has 3 aromatic rings. The van der Waals surface area contributed by atoms with Gasteiger partial charge >= 0.3 is 6.18 Å². The van der Waals surface area contributed by atoms with Crippen molar-refractivity contribution in [2.45, 2.75) is 46.4 Å². The average molecular weight is 419 g/mol. The standard InChI is InChI=1S/C24H25F3OS/c1-15(2)11-21(22-9-6-10-29-22)28-20-12-16(3)23(17(4)13-20)18-7-5-8-19(14-18)24(25,26)27/h5-10,12-15,21H,11H2,1-4H3. The molecule has 29 heavy (non-hydrogen) atoms. The summed E-state index contributed by atoms with van der Waals surface area (Å²) in [5, 5.41) is 2.04. The highest BCUT2D eigenvalue weighted by Gasteiger charge is 2.30. The number of alkyl halides is 3. The van der Waals surface area contributed by atoms with Gasteiger partial charge in [-0.3, -0.25) is 0 Å². The molecule has 0 aliphatic carbocycles. The second-order valence-electron chi connectivity index (χ2n) is 7.76. The summed E-state index contributed by atoms with van der Waals surface area (Å²) in [5.74, 6) is 1.23. The molecule has 1 heterocycles. The van der Waals surface area contributed by atoms with E-state index in [0.717, 1.165) is 34.9 Å². The number of hydrogen-bond donors (Lipinski definition) is 0. The van der Waals surface area contributed by atoms with Crippen LogP contribution in [0.4, 0.5) is 13.2 Å². The number of thiophene rings is 1. The van der Waals surface area contributed by atoms with Crippen molar-refractivity contribution in [1.82, 2.24) is 0 Å². The minimum Gasteiger partial charge on any atom is -0.485 e. The lowest BCUT2D eigenvalue weighted by Gasteiger charge is -2.22. The quantitative estimate of drug-likeness (QED) is 0.392. The Morgan fingerprint density at radius 3 is 2.21 bits per heavy atom. The maximum atomic E-state index is 13.1. The van der Waals surface area contributed by atoms with Crippen LogP contribution in [-0.4, -0.2) is 0 Å². The minimum absolute atomic E-state index is 0.0341. The first-order valence-electron chi connectivity index (χ1n) is 9.64. The number of halogens is 3. The number of hydrogen-bond acceptors (Lipinski definition) is 2. The number of rotatable bonds is 6. The average Bonchev–Trinajstić information content (AvgIpc) is 3.14. The lowest BCUT2D eigenvalue weighted by molar-refractivity contribution is -0.137. The molecule has 3 rings (SSSR count). The van der Waals surface area contributed by atoms with Crippen LogP contribution >= 0.6 is 11.3 Å². The van der Waals surface area contributed by atoms with Crippen molar-refractivity contribution in [1.29, 1.82) is 0 Å². The molecule has 5 heteroatoms. The molecular formula is C24H25F3OS. The molecule has 0 aliphatic heterocycles. The molecule has 0 N–H and O–H groups in total. The predicted molar refractivity (Wildman–Crippen MR) is 113 cm³/mol. The lowest BCUT2D eigenvalue weighted by Crippen LogP contribution is -2.09. The van der Waals surface area contributed by atoms with Crippen LogP contribution in [0, 0.1) is 19.8 Å². The largest absolute Gasteiger partial charge is 0.485 e. The molecule has 0 saturated carbocycles. The zero-order chi connectivity index (χ0) is 21.2. The third-order valence-corrected chi connectivity index (χ3v) is 5.77. The summed E-state index contributed by atoms with van der Waals surface area (Å²) in [6.45, 7) is 8.16. The van der Waals surface area contributed by atoms with Crippen LogP contribution in [0.25, 0.3) is 11.1 Å². The molecule has 0 aliphatic rings. The van der Waals surface area contributed by atoms with E-state index in [1.54, 1.807) is 17.4 Å². The lowest BCUT2D eigenvalue weighted by atomic mass is 9.94. The Kier molecular flexibility index (Phi) is 6.37. The highest BCUT2D eigenvalue weighted by molar-refractivity contribution is 7.10. The topological polar surface area (TPSA) is 9.23 Å². The van der Waals surface area contributed by atoms with Gasteiger partial charge in [0, 0.05) is 4.88 Å². The maximum Gasteiger partial charge on any atom is 0.416 e. The Morgan fingerprint density at radius 2 is 1.66 bits per heavy atom. The second-order valence-corrected chi connectivity index (χ2v) is 8.74. The van der Waals surface area contributed by atoms with E-state index in [1.807, 2.05) is 37.4 Å². The predicted octanol–water partition coefficient (Wildman–Crippen LogP) is 8.22. The molecule has 1 atom stereocenters. The molecule has 0 amide bonds. The zero-order valence-electron chi connectivity index (χ0n) is 17.0. The van der Waals surface area contributed by atoms with E-state index in [1.165, 1.54) is 17.0 Å². The van der Waals surface area contributed by atoms with Gasteiger partial charge in [-0.25, -0.2) is 0 Å². The molecule has 0 saturated heterocycles. The van der Waals surface area contributed by atoms with E-state index in [4.69, 9.17) is 4.74 Å². The summed E-state index contributed by atoms with van der Waals surface area (Å²) in [6.07, 6.45) is -3.49. The van der Waals surface area contributed by atoms with Crippen molar-refractivity contribution in [3.05, 3.63) is 75.5 Å². The summed E-state index contributed by atoms with van der Waals surface area (Å²) in [7, 11) is 0. The van der Waals surface area contributed by atoms with Crippen molar-refractivity contribution >= 4 is 11.3 Å². The number of aryl methyl sites for hydroxylation is 2. The summed E-state index contributed by atoms with van der Waals surface area (Å²) in [5.41, 5.74) is 2.55. The smallest absolute Gasteiger partial charge is 0.416 e. The van der Waals surface area contributed by atoms with Gasteiger partial charge < -0.3 is 4.74 Å². The molecule has 0 radical (unpaired) electrons. The molecular weight excluding hydrogens is 393 g/mol. The van der Waals surface area contributed by atoms with E-state index in [9.17, 15) is 13.2 Å². The van der Waals surface area contributed by atoms with Gasteiger partial charge in [0.15, 0.2) is 0 Å². The first-order chi connectivity index (χ1) is 13.6. The Bertz CT molecular complexity index is 936. The third-order valence-electron chi connectivity index (χ3n) is 4.81. The molecule has 0 bridgehead atoms. The zero-order valence-corrected chi connectivity index (χ0v) is 17.8.